The number of nitrogens with zero attached hydrogens (tertiary/aromatic N) is 1. The third-order valence-electron chi connectivity index (χ3n) is 2.39. The smallest absolute Gasteiger partial charge is 0.293 e. The van der Waals surface area contributed by atoms with Crippen molar-refractivity contribution in [1.82, 2.24) is 4.72 Å². The van der Waals surface area contributed by atoms with Gasteiger partial charge in [-0.1, -0.05) is 0 Å². The van der Waals surface area contributed by atoms with Crippen LogP contribution in [0.5, 0.6) is 0 Å². The first kappa shape index (κ1) is 16.1. The Bertz CT molecular complexity index is 600. The van der Waals surface area contributed by atoms with E-state index in [1.807, 2.05) is 0 Å². The maximum atomic E-state index is 10.9. The van der Waals surface area contributed by atoms with Gasteiger partial charge in [-0.2, -0.15) is 0 Å². The highest BCUT2D eigenvalue weighted by Gasteiger charge is 2.13. The van der Waals surface area contributed by atoms with E-state index in [4.69, 9.17) is 0 Å². The lowest BCUT2D eigenvalue weighted by molar-refractivity contribution is -0.384. The molecule has 0 saturated heterocycles. The minimum Gasteiger partial charge on any atom is -0.379 e. The number of rotatable bonds is 8. The van der Waals surface area contributed by atoms with Crippen molar-refractivity contribution in [2.75, 3.05) is 24.7 Å². The quantitative estimate of drug-likeness (QED) is 0.317. The first-order valence-corrected chi connectivity index (χ1v) is 7.65. The van der Waals surface area contributed by atoms with Crippen LogP contribution in [0.15, 0.2) is 18.2 Å². The Morgan fingerprint density at radius 3 is 2.60 bits per heavy atom. The van der Waals surface area contributed by atoms with Gasteiger partial charge in [-0.15, -0.1) is 0 Å². The molecular formula is C11H15N3O5S. The van der Waals surface area contributed by atoms with Crippen molar-refractivity contribution >= 4 is 27.7 Å². The largest absolute Gasteiger partial charge is 0.379 e. The molecule has 0 heterocycles. The molecule has 0 amide bonds. The maximum Gasteiger partial charge on any atom is 0.293 e. The van der Waals surface area contributed by atoms with E-state index in [1.54, 1.807) is 0 Å². The topological polar surface area (TPSA) is 118 Å². The van der Waals surface area contributed by atoms with Crippen LogP contribution < -0.4 is 10.0 Å². The van der Waals surface area contributed by atoms with Crippen molar-refractivity contribution in [2.24, 2.45) is 0 Å². The van der Waals surface area contributed by atoms with Gasteiger partial charge in [-0.3, -0.25) is 14.9 Å². The van der Waals surface area contributed by atoms with Gasteiger partial charge in [-0.25, -0.2) is 13.1 Å². The molecule has 0 bridgehead atoms. The summed E-state index contributed by atoms with van der Waals surface area (Å²) < 4.78 is 24.0. The molecule has 0 aliphatic carbocycles. The van der Waals surface area contributed by atoms with E-state index in [-0.39, 0.29) is 17.8 Å². The van der Waals surface area contributed by atoms with Crippen LogP contribution in [0, 0.1) is 10.1 Å². The van der Waals surface area contributed by atoms with Crippen LogP contribution in [0.1, 0.15) is 16.8 Å². The summed E-state index contributed by atoms with van der Waals surface area (Å²) in [6.07, 6.45) is 2.07. The number of nitrogens with one attached hydrogen (secondary N) is 2. The number of nitro benzene ring substituents is 1. The Kier molecular flexibility index (Phi) is 5.59. The Hall–Kier alpha value is -2.00. The van der Waals surface area contributed by atoms with Crippen LogP contribution in [-0.4, -0.2) is 39.0 Å². The van der Waals surface area contributed by atoms with Gasteiger partial charge in [0.05, 0.1) is 11.2 Å². The van der Waals surface area contributed by atoms with Gasteiger partial charge in [0.15, 0.2) is 0 Å². The third-order valence-corrected chi connectivity index (χ3v) is 3.12. The number of anilines is 1. The van der Waals surface area contributed by atoms with E-state index in [1.165, 1.54) is 18.2 Å². The van der Waals surface area contributed by atoms with E-state index in [0.29, 0.717) is 24.9 Å². The minimum absolute atomic E-state index is 0.189. The predicted molar refractivity (Wildman–Crippen MR) is 74.4 cm³/mol. The van der Waals surface area contributed by atoms with Crippen LogP contribution in [0.25, 0.3) is 0 Å². The van der Waals surface area contributed by atoms with Crippen molar-refractivity contribution < 1.29 is 18.1 Å². The Labute approximate surface area is 116 Å². The molecule has 1 rings (SSSR count). The van der Waals surface area contributed by atoms with Crippen molar-refractivity contribution in [3.63, 3.8) is 0 Å². The summed E-state index contributed by atoms with van der Waals surface area (Å²) in [6, 6.07) is 4.10. The average molecular weight is 301 g/mol. The third kappa shape index (κ3) is 5.33. The van der Waals surface area contributed by atoms with E-state index >= 15 is 0 Å². The maximum absolute atomic E-state index is 10.9. The molecule has 0 unspecified atom stereocenters. The molecule has 9 heteroatoms. The van der Waals surface area contributed by atoms with Crippen molar-refractivity contribution in [3.8, 4) is 0 Å². The second-order valence-electron chi connectivity index (χ2n) is 4.10. The molecule has 0 saturated carbocycles. The Balaban J connectivity index is 2.59. The molecule has 0 aliphatic rings. The highest BCUT2D eigenvalue weighted by Crippen LogP contribution is 2.24. The average Bonchev–Trinajstić information content (AvgIpc) is 2.37. The molecule has 0 aliphatic heterocycles. The number of nitro groups is 1. The fourth-order valence-electron chi connectivity index (χ4n) is 1.49. The second kappa shape index (κ2) is 6.96. The molecule has 0 spiro atoms. The fourth-order valence-corrected chi connectivity index (χ4v) is 2.01. The van der Waals surface area contributed by atoms with Gasteiger partial charge in [0.1, 0.15) is 12.0 Å². The van der Waals surface area contributed by atoms with Gasteiger partial charge < -0.3 is 5.32 Å². The number of aldehydes is 1. The number of carbonyl (C=O) groups is 1. The van der Waals surface area contributed by atoms with Crippen LogP contribution in [0.4, 0.5) is 11.4 Å². The number of carbonyl (C=O) groups excluding carboxylic acids is 1. The lowest BCUT2D eigenvalue weighted by atomic mass is 10.2. The summed E-state index contributed by atoms with van der Waals surface area (Å²) >= 11 is 0. The van der Waals surface area contributed by atoms with Crippen molar-refractivity contribution in [2.45, 2.75) is 6.42 Å². The highest BCUT2D eigenvalue weighted by atomic mass is 32.2. The zero-order valence-corrected chi connectivity index (χ0v) is 11.6. The zero-order chi connectivity index (χ0) is 15.2. The van der Waals surface area contributed by atoms with E-state index in [0.717, 1.165) is 6.26 Å². The lowest BCUT2D eigenvalue weighted by Gasteiger charge is -2.07. The van der Waals surface area contributed by atoms with Crippen LogP contribution in [0.2, 0.25) is 0 Å². The van der Waals surface area contributed by atoms with Crippen LogP contribution >= 0.6 is 0 Å². The van der Waals surface area contributed by atoms with Gasteiger partial charge in [0.25, 0.3) is 5.69 Å². The van der Waals surface area contributed by atoms with Crippen molar-refractivity contribution in [3.05, 3.63) is 33.9 Å². The monoisotopic (exact) mass is 301 g/mol. The molecule has 0 radical (unpaired) electrons. The van der Waals surface area contributed by atoms with Crippen LogP contribution in [0.3, 0.4) is 0 Å². The van der Waals surface area contributed by atoms with Gasteiger partial charge in [0, 0.05) is 24.7 Å². The molecule has 0 aromatic heterocycles. The van der Waals surface area contributed by atoms with E-state index in [9.17, 15) is 23.3 Å². The summed E-state index contributed by atoms with van der Waals surface area (Å²) in [7, 11) is -3.22. The van der Waals surface area contributed by atoms with Gasteiger partial charge in [-0.05, 0) is 18.6 Å². The fraction of sp³-hybridized carbons (Fsp3) is 0.364. The zero-order valence-electron chi connectivity index (χ0n) is 10.8. The molecule has 110 valence electrons. The number of benzene rings is 1. The molecular weight excluding hydrogens is 286 g/mol. The summed E-state index contributed by atoms with van der Waals surface area (Å²) in [5.41, 5.74) is 0.326. The SMILES string of the molecule is CS(=O)(=O)NCCCNc1ccc(C=O)cc1[N+](=O)[O-]. The molecule has 20 heavy (non-hydrogen) atoms. The first-order valence-electron chi connectivity index (χ1n) is 5.75. The second-order valence-corrected chi connectivity index (χ2v) is 5.93. The Morgan fingerprint density at radius 1 is 1.35 bits per heavy atom. The van der Waals surface area contributed by atoms with Crippen molar-refractivity contribution in [1.29, 1.82) is 0 Å². The summed E-state index contributed by atoms with van der Waals surface area (Å²) in [5.74, 6) is 0. The number of hydrogen-bond donors (Lipinski definition) is 2. The van der Waals surface area contributed by atoms with Crippen LogP contribution in [-0.2, 0) is 10.0 Å². The standard InChI is InChI=1S/C11H15N3O5S/c1-20(18,19)13-6-2-5-12-10-4-3-9(8-15)7-11(10)14(16)17/h3-4,7-8,12-13H,2,5-6H2,1H3. The lowest BCUT2D eigenvalue weighted by Crippen LogP contribution is -2.24. The molecule has 0 fully saturated rings. The number of sulfonamides is 1. The number of hydrogen-bond acceptors (Lipinski definition) is 6. The summed E-state index contributed by atoms with van der Waals surface area (Å²) in [5, 5.41) is 13.7. The first-order chi connectivity index (χ1) is 9.33. The van der Waals surface area contributed by atoms with Gasteiger partial charge in [0.2, 0.25) is 10.0 Å². The van der Waals surface area contributed by atoms with E-state index < -0.39 is 14.9 Å². The molecule has 1 aromatic carbocycles. The molecule has 8 nitrogen and oxygen atoms in total. The van der Waals surface area contributed by atoms with E-state index in [2.05, 4.69) is 10.0 Å². The summed E-state index contributed by atoms with van der Waals surface area (Å²) in [6.45, 7) is 0.607. The minimum atomic E-state index is -3.22. The summed E-state index contributed by atoms with van der Waals surface area (Å²) in [4.78, 5) is 20.9. The molecule has 0 atom stereocenters. The molecule has 1 aromatic rings. The highest BCUT2D eigenvalue weighted by molar-refractivity contribution is 7.88. The van der Waals surface area contributed by atoms with Gasteiger partial charge >= 0.3 is 0 Å². The molecule has 2 N–H and O–H groups in total. The normalized spacial score (nSPS) is 11.1. The Morgan fingerprint density at radius 2 is 2.05 bits per heavy atom. The predicted octanol–water partition coefficient (Wildman–Crippen LogP) is 0.758.